The highest BCUT2D eigenvalue weighted by Gasteiger charge is 2.11. The summed E-state index contributed by atoms with van der Waals surface area (Å²) in [5, 5.41) is 7.37. The van der Waals surface area contributed by atoms with E-state index in [0.29, 0.717) is 18.6 Å². The lowest BCUT2D eigenvalue weighted by Gasteiger charge is -2.15. The summed E-state index contributed by atoms with van der Waals surface area (Å²) in [6.07, 6.45) is 5.54. The van der Waals surface area contributed by atoms with Crippen LogP contribution < -0.4 is 5.32 Å². The minimum absolute atomic E-state index is 0.0505. The lowest BCUT2D eigenvalue weighted by Crippen LogP contribution is -2.23. The summed E-state index contributed by atoms with van der Waals surface area (Å²) < 4.78 is 1.79. The van der Waals surface area contributed by atoms with Gasteiger partial charge in [0.15, 0.2) is 6.29 Å². The van der Waals surface area contributed by atoms with Crippen LogP contribution in [0.15, 0.2) is 24.8 Å². The highest BCUT2D eigenvalue weighted by molar-refractivity contribution is 6.32. The average Bonchev–Trinajstić information content (AvgIpc) is 2.82. The first-order valence-electron chi connectivity index (χ1n) is 5.40. The molecule has 0 radical (unpaired) electrons. The van der Waals surface area contributed by atoms with Crippen molar-refractivity contribution in [3.05, 3.63) is 35.5 Å². The number of aromatic nitrogens is 4. The third-order valence-corrected chi connectivity index (χ3v) is 2.66. The highest BCUT2D eigenvalue weighted by Crippen LogP contribution is 2.18. The molecule has 0 aliphatic carbocycles. The fraction of sp³-hybridized carbons (Fsp3) is 0.273. The molecule has 1 N–H and O–H groups in total. The third kappa shape index (κ3) is 2.84. The van der Waals surface area contributed by atoms with Gasteiger partial charge in [-0.05, 0) is 13.0 Å². The van der Waals surface area contributed by atoms with Crippen molar-refractivity contribution in [2.75, 3.05) is 5.32 Å². The van der Waals surface area contributed by atoms with Gasteiger partial charge in [0.25, 0.3) is 0 Å². The maximum absolute atomic E-state index is 10.9. The second kappa shape index (κ2) is 5.59. The van der Waals surface area contributed by atoms with Crippen LogP contribution in [0.2, 0.25) is 5.15 Å². The van der Waals surface area contributed by atoms with Crippen LogP contribution in [0.1, 0.15) is 17.3 Å². The zero-order valence-electron chi connectivity index (χ0n) is 9.75. The van der Waals surface area contributed by atoms with Crippen LogP contribution in [0.25, 0.3) is 0 Å². The Morgan fingerprint density at radius 1 is 1.56 bits per heavy atom. The van der Waals surface area contributed by atoms with Crippen LogP contribution >= 0.6 is 11.6 Å². The SMILES string of the molecule is CC(Cn1cccn1)Nc1ncnc(Cl)c1C=O. The molecular formula is C11H12ClN5O. The first-order chi connectivity index (χ1) is 8.70. The van der Waals surface area contributed by atoms with Gasteiger partial charge in [0.05, 0.1) is 12.1 Å². The Bertz CT molecular complexity index is 528. The number of nitrogens with zero attached hydrogens (tertiary/aromatic N) is 4. The summed E-state index contributed by atoms with van der Waals surface area (Å²) in [4.78, 5) is 18.7. The third-order valence-electron chi connectivity index (χ3n) is 2.36. The van der Waals surface area contributed by atoms with Crippen LogP contribution in [-0.4, -0.2) is 32.1 Å². The zero-order chi connectivity index (χ0) is 13.0. The first-order valence-corrected chi connectivity index (χ1v) is 5.78. The summed E-state index contributed by atoms with van der Waals surface area (Å²) >= 11 is 5.82. The van der Waals surface area contributed by atoms with Gasteiger partial charge in [-0.3, -0.25) is 9.48 Å². The highest BCUT2D eigenvalue weighted by atomic mass is 35.5. The van der Waals surface area contributed by atoms with Crippen molar-refractivity contribution in [3.63, 3.8) is 0 Å². The summed E-state index contributed by atoms with van der Waals surface area (Å²) in [7, 11) is 0. The van der Waals surface area contributed by atoms with E-state index in [0.717, 1.165) is 0 Å². The fourth-order valence-corrected chi connectivity index (χ4v) is 1.74. The molecule has 0 bridgehead atoms. The number of carbonyl (C=O) groups excluding carboxylic acids is 1. The quantitative estimate of drug-likeness (QED) is 0.657. The summed E-state index contributed by atoms with van der Waals surface area (Å²) in [5.41, 5.74) is 0.270. The average molecular weight is 266 g/mol. The van der Waals surface area contributed by atoms with Crippen molar-refractivity contribution in [1.29, 1.82) is 0 Å². The second-order valence-electron chi connectivity index (χ2n) is 3.82. The Kier molecular flexibility index (Phi) is 3.88. The number of halogens is 1. The van der Waals surface area contributed by atoms with Gasteiger partial charge in [0.2, 0.25) is 0 Å². The molecule has 1 atom stereocenters. The zero-order valence-corrected chi connectivity index (χ0v) is 10.5. The lowest BCUT2D eigenvalue weighted by atomic mass is 10.3. The van der Waals surface area contributed by atoms with Gasteiger partial charge < -0.3 is 5.32 Å². The number of aldehydes is 1. The van der Waals surface area contributed by atoms with Gasteiger partial charge in [-0.25, -0.2) is 9.97 Å². The van der Waals surface area contributed by atoms with Gasteiger partial charge in [0.1, 0.15) is 17.3 Å². The summed E-state index contributed by atoms with van der Waals surface area (Å²) in [6.45, 7) is 2.62. The summed E-state index contributed by atoms with van der Waals surface area (Å²) in [5.74, 6) is 0.435. The van der Waals surface area contributed by atoms with E-state index in [-0.39, 0.29) is 16.8 Å². The fourth-order valence-electron chi connectivity index (χ4n) is 1.56. The minimum Gasteiger partial charge on any atom is -0.365 e. The first kappa shape index (κ1) is 12.5. The number of rotatable bonds is 5. The number of anilines is 1. The molecule has 0 spiro atoms. The van der Waals surface area contributed by atoms with Crippen molar-refractivity contribution in [1.82, 2.24) is 19.7 Å². The molecule has 0 aliphatic heterocycles. The molecule has 18 heavy (non-hydrogen) atoms. The van der Waals surface area contributed by atoms with E-state index in [2.05, 4.69) is 20.4 Å². The topological polar surface area (TPSA) is 72.7 Å². The molecule has 2 aromatic rings. The molecule has 2 aromatic heterocycles. The van der Waals surface area contributed by atoms with Gasteiger partial charge in [-0.2, -0.15) is 5.10 Å². The minimum atomic E-state index is 0.0505. The van der Waals surface area contributed by atoms with Gasteiger partial charge >= 0.3 is 0 Å². The maximum atomic E-state index is 10.9. The van der Waals surface area contributed by atoms with Crippen LogP contribution in [-0.2, 0) is 6.54 Å². The molecule has 0 fully saturated rings. The largest absolute Gasteiger partial charge is 0.365 e. The van der Waals surface area contributed by atoms with Gasteiger partial charge in [-0.1, -0.05) is 11.6 Å². The Morgan fingerprint density at radius 3 is 3.06 bits per heavy atom. The van der Waals surface area contributed by atoms with Crippen LogP contribution in [0.5, 0.6) is 0 Å². The molecule has 0 saturated heterocycles. The van der Waals surface area contributed by atoms with E-state index in [1.165, 1.54) is 6.33 Å². The van der Waals surface area contributed by atoms with E-state index in [1.807, 2.05) is 19.2 Å². The van der Waals surface area contributed by atoms with E-state index in [9.17, 15) is 4.79 Å². The van der Waals surface area contributed by atoms with Crippen molar-refractivity contribution in [3.8, 4) is 0 Å². The lowest BCUT2D eigenvalue weighted by molar-refractivity contribution is 0.112. The maximum Gasteiger partial charge on any atom is 0.156 e. The molecular weight excluding hydrogens is 254 g/mol. The number of hydrogen-bond donors (Lipinski definition) is 1. The summed E-state index contributed by atoms with van der Waals surface area (Å²) in [6, 6.07) is 1.90. The van der Waals surface area contributed by atoms with Gasteiger partial charge in [-0.15, -0.1) is 0 Å². The van der Waals surface area contributed by atoms with E-state index in [4.69, 9.17) is 11.6 Å². The molecule has 0 aliphatic rings. The molecule has 6 nitrogen and oxygen atoms in total. The Balaban J connectivity index is 2.09. The molecule has 0 saturated carbocycles. The number of hydrogen-bond acceptors (Lipinski definition) is 5. The predicted molar refractivity (Wildman–Crippen MR) is 67.7 cm³/mol. The van der Waals surface area contributed by atoms with E-state index < -0.39 is 0 Å². The number of nitrogens with one attached hydrogen (secondary N) is 1. The van der Waals surface area contributed by atoms with Crippen LogP contribution in [0.4, 0.5) is 5.82 Å². The molecule has 2 rings (SSSR count). The molecule has 0 aromatic carbocycles. The monoisotopic (exact) mass is 265 g/mol. The normalized spacial score (nSPS) is 12.1. The Morgan fingerprint density at radius 2 is 2.39 bits per heavy atom. The molecule has 7 heteroatoms. The van der Waals surface area contributed by atoms with Gasteiger partial charge in [0, 0.05) is 18.4 Å². The van der Waals surface area contributed by atoms with Crippen molar-refractivity contribution < 1.29 is 4.79 Å². The Hall–Kier alpha value is -1.95. The smallest absolute Gasteiger partial charge is 0.156 e. The van der Waals surface area contributed by atoms with Crippen molar-refractivity contribution >= 4 is 23.7 Å². The second-order valence-corrected chi connectivity index (χ2v) is 4.18. The standard InChI is InChI=1S/C11H12ClN5O/c1-8(5-17-4-2-3-15-17)16-11-9(6-18)10(12)13-7-14-11/h2-4,6-8H,5H2,1H3,(H,13,14,16). The van der Waals surface area contributed by atoms with E-state index in [1.54, 1.807) is 10.9 Å². The Labute approximate surface area is 109 Å². The molecule has 1 unspecified atom stereocenters. The molecule has 0 amide bonds. The molecule has 94 valence electrons. The predicted octanol–water partition coefficient (Wildman–Crippen LogP) is 1.64. The van der Waals surface area contributed by atoms with Crippen LogP contribution in [0, 0.1) is 0 Å². The molecule has 2 heterocycles. The van der Waals surface area contributed by atoms with E-state index >= 15 is 0 Å². The van der Waals surface area contributed by atoms with Crippen molar-refractivity contribution in [2.45, 2.75) is 19.5 Å². The number of carbonyl (C=O) groups is 1. The van der Waals surface area contributed by atoms with Crippen LogP contribution in [0.3, 0.4) is 0 Å². The van der Waals surface area contributed by atoms with Crippen molar-refractivity contribution in [2.24, 2.45) is 0 Å².